The molecule has 0 unspecified atom stereocenters. The van der Waals surface area contributed by atoms with Gasteiger partial charge in [0.05, 0.1) is 16.3 Å². The number of benzene rings is 2. The zero-order chi connectivity index (χ0) is 31.8. The van der Waals surface area contributed by atoms with E-state index >= 15 is 0 Å². The average molecular weight is 615 g/mol. The van der Waals surface area contributed by atoms with Crippen LogP contribution >= 0.6 is 0 Å². The van der Waals surface area contributed by atoms with Gasteiger partial charge in [0.1, 0.15) is 0 Å². The van der Waals surface area contributed by atoms with E-state index in [-0.39, 0.29) is 10.8 Å². The summed E-state index contributed by atoms with van der Waals surface area (Å²) in [6, 6.07) is 10.5. The van der Waals surface area contributed by atoms with E-state index in [1.54, 1.807) is 18.2 Å². The molecular formula is C29H41F3N4O5S. The quantitative estimate of drug-likeness (QED) is 0.368. The maximum atomic E-state index is 13.5. The molecular weight excluding hydrogens is 573 g/mol. The number of sulfonamides is 1. The van der Waals surface area contributed by atoms with Gasteiger partial charge in [-0.25, -0.2) is 13.2 Å². The Balaban J connectivity index is 0.000000782. The fraction of sp³-hybridized carbons (Fsp3) is 0.517. The number of aliphatic carboxylic acids is 1. The molecule has 0 saturated carbocycles. The van der Waals surface area contributed by atoms with Crippen molar-refractivity contribution in [2.45, 2.75) is 52.6 Å². The predicted molar refractivity (Wildman–Crippen MR) is 158 cm³/mol. The topological polar surface area (TPSA) is 119 Å². The van der Waals surface area contributed by atoms with E-state index in [4.69, 9.17) is 9.90 Å². The molecule has 1 aliphatic rings. The highest BCUT2D eigenvalue weighted by Gasteiger charge is 2.38. The molecule has 3 rings (SSSR count). The number of nitrogens with zero attached hydrogens (tertiary/aromatic N) is 2. The number of carboxylic acids is 1. The van der Waals surface area contributed by atoms with Gasteiger partial charge >= 0.3 is 12.1 Å². The van der Waals surface area contributed by atoms with Crippen molar-refractivity contribution in [3.8, 4) is 0 Å². The minimum absolute atomic E-state index is 0.0779. The van der Waals surface area contributed by atoms with E-state index in [0.29, 0.717) is 36.2 Å². The van der Waals surface area contributed by atoms with Gasteiger partial charge in [0, 0.05) is 44.8 Å². The van der Waals surface area contributed by atoms with Gasteiger partial charge in [-0.3, -0.25) is 9.52 Å². The second-order valence-corrected chi connectivity index (χ2v) is 12.8. The van der Waals surface area contributed by atoms with Crippen LogP contribution in [-0.2, 0) is 14.8 Å². The molecule has 0 radical (unpaired) electrons. The van der Waals surface area contributed by atoms with Crippen LogP contribution in [0.5, 0.6) is 0 Å². The highest BCUT2D eigenvalue weighted by Crippen LogP contribution is 2.31. The summed E-state index contributed by atoms with van der Waals surface area (Å²) in [5.41, 5.74) is 3.66. The van der Waals surface area contributed by atoms with E-state index in [9.17, 15) is 26.4 Å². The fourth-order valence-electron chi connectivity index (χ4n) is 4.32. The van der Waals surface area contributed by atoms with Crippen molar-refractivity contribution in [2.75, 3.05) is 48.9 Å². The smallest absolute Gasteiger partial charge is 0.475 e. The molecule has 1 heterocycles. The number of amides is 1. The fourth-order valence-corrected chi connectivity index (χ4v) is 5.47. The van der Waals surface area contributed by atoms with Crippen molar-refractivity contribution in [1.82, 2.24) is 10.2 Å². The molecule has 0 spiro atoms. The molecule has 1 fully saturated rings. The molecule has 2 aromatic rings. The molecule has 3 N–H and O–H groups in total. The van der Waals surface area contributed by atoms with Crippen LogP contribution in [0.2, 0.25) is 0 Å². The third-order valence-corrected chi connectivity index (χ3v) is 7.80. The zero-order valence-corrected chi connectivity index (χ0v) is 25.7. The molecule has 0 aromatic heterocycles. The standard InChI is InChI=1S/C27H40N4O3S.C2HF3O2/c1-19(2)17-31(18-20(3)4)27(32)23-8-10-26(30-13-11-28-12-14-30)25(16-23)29-35(33,34)24-9-7-21(5)22(6)15-24;3-2(4,5)1(6)7/h7-10,15-16,19-20,28-29H,11-14,17-18H2,1-6H3;(H,6,7). The van der Waals surface area contributed by atoms with Crippen LogP contribution in [-0.4, -0.2) is 75.7 Å². The minimum Gasteiger partial charge on any atom is -0.475 e. The Morgan fingerprint density at radius 1 is 0.976 bits per heavy atom. The summed E-state index contributed by atoms with van der Waals surface area (Å²) in [7, 11) is -3.83. The van der Waals surface area contributed by atoms with E-state index < -0.39 is 22.2 Å². The molecule has 42 heavy (non-hydrogen) atoms. The van der Waals surface area contributed by atoms with Gasteiger partial charge in [0.2, 0.25) is 0 Å². The highest BCUT2D eigenvalue weighted by molar-refractivity contribution is 7.92. The van der Waals surface area contributed by atoms with E-state index in [1.807, 2.05) is 36.9 Å². The lowest BCUT2D eigenvalue weighted by Gasteiger charge is -2.32. The number of alkyl halides is 3. The number of carbonyl (C=O) groups is 2. The Morgan fingerprint density at radius 3 is 2.00 bits per heavy atom. The third kappa shape index (κ3) is 10.2. The number of carboxylic acid groups (broad SMARTS) is 1. The molecule has 1 saturated heterocycles. The van der Waals surface area contributed by atoms with Crippen molar-refractivity contribution in [3.05, 3.63) is 53.1 Å². The molecule has 1 aliphatic heterocycles. The molecule has 13 heteroatoms. The first-order valence-electron chi connectivity index (χ1n) is 13.7. The van der Waals surface area contributed by atoms with Gasteiger partial charge in [-0.1, -0.05) is 33.8 Å². The Labute approximate surface area is 246 Å². The molecule has 0 atom stereocenters. The number of hydrogen-bond acceptors (Lipinski definition) is 6. The first-order chi connectivity index (χ1) is 19.4. The van der Waals surface area contributed by atoms with Crippen molar-refractivity contribution in [1.29, 1.82) is 0 Å². The Bertz CT molecular complexity index is 1330. The van der Waals surface area contributed by atoms with Crippen LogP contribution in [0.3, 0.4) is 0 Å². The van der Waals surface area contributed by atoms with Crippen LogP contribution in [0.4, 0.5) is 24.5 Å². The third-order valence-electron chi connectivity index (χ3n) is 6.43. The van der Waals surface area contributed by atoms with Gasteiger partial charge in [-0.2, -0.15) is 13.2 Å². The lowest BCUT2D eigenvalue weighted by Crippen LogP contribution is -2.44. The summed E-state index contributed by atoms with van der Waals surface area (Å²) >= 11 is 0. The molecule has 0 aliphatic carbocycles. The number of carbonyl (C=O) groups excluding carboxylic acids is 1. The van der Waals surface area contributed by atoms with E-state index in [1.165, 1.54) is 0 Å². The number of anilines is 2. The lowest BCUT2D eigenvalue weighted by atomic mass is 10.1. The molecule has 1 amide bonds. The molecule has 0 bridgehead atoms. The number of piperazine rings is 1. The number of hydrogen-bond donors (Lipinski definition) is 3. The number of nitrogens with one attached hydrogen (secondary N) is 2. The summed E-state index contributed by atoms with van der Waals surface area (Å²) in [4.78, 5) is 26.6. The average Bonchev–Trinajstić information content (AvgIpc) is 2.89. The van der Waals surface area contributed by atoms with E-state index in [0.717, 1.165) is 43.0 Å². The molecule has 2 aromatic carbocycles. The number of aryl methyl sites for hydroxylation is 2. The number of rotatable bonds is 9. The predicted octanol–water partition coefficient (Wildman–Crippen LogP) is 4.90. The summed E-state index contributed by atoms with van der Waals surface area (Å²) in [5, 5.41) is 10.5. The van der Waals surface area contributed by atoms with Crippen LogP contribution in [0.15, 0.2) is 41.3 Å². The Kier molecular flexibility index (Phi) is 12.2. The van der Waals surface area contributed by atoms with Gasteiger partial charge in [-0.05, 0) is 67.1 Å². The Morgan fingerprint density at radius 2 is 1.52 bits per heavy atom. The van der Waals surface area contributed by atoms with Crippen molar-refractivity contribution in [2.24, 2.45) is 11.8 Å². The maximum absolute atomic E-state index is 13.5. The summed E-state index contributed by atoms with van der Waals surface area (Å²) < 4.78 is 61.3. The zero-order valence-electron chi connectivity index (χ0n) is 24.9. The Hall–Kier alpha value is -3.32. The second kappa shape index (κ2) is 14.7. The molecule has 9 nitrogen and oxygen atoms in total. The van der Waals surface area contributed by atoms with Gasteiger partial charge in [-0.15, -0.1) is 0 Å². The van der Waals surface area contributed by atoms with Crippen LogP contribution in [0.1, 0.15) is 49.2 Å². The monoisotopic (exact) mass is 614 g/mol. The summed E-state index contributed by atoms with van der Waals surface area (Å²) in [5.74, 6) is -2.17. The highest BCUT2D eigenvalue weighted by atomic mass is 32.2. The van der Waals surface area contributed by atoms with Crippen LogP contribution in [0.25, 0.3) is 0 Å². The molecule has 234 valence electrons. The summed E-state index contributed by atoms with van der Waals surface area (Å²) in [6.07, 6.45) is -5.08. The summed E-state index contributed by atoms with van der Waals surface area (Å²) in [6.45, 7) is 16.7. The van der Waals surface area contributed by atoms with Crippen LogP contribution in [0, 0.1) is 25.7 Å². The van der Waals surface area contributed by atoms with Crippen molar-refractivity contribution < 1.29 is 36.3 Å². The van der Waals surface area contributed by atoms with Crippen LogP contribution < -0.4 is 14.9 Å². The van der Waals surface area contributed by atoms with Crippen molar-refractivity contribution in [3.63, 3.8) is 0 Å². The lowest BCUT2D eigenvalue weighted by molar-refractivity contribution is -0.192. The van der Waals surface area contributed by atoms with Gasteiger partial charge in [0.25, 0.3) is 15.9 Å². The van der Waals surface area contributed by atoms with Crippen molar-refractivity contribution >= 4 is 33.3 Å². The van der Waals surface area contributed by atoms with E-state index in [2.05, 4.69) is 42.6 Å². The normalized spacial score (nSPS) is 13.9. The van der Waals surface area contributed by atoms with Gasteiger partial charge in [0.15, 0.2) is 0 Å². The second-order valence-electron chi connectivity index (χ2n) is 11.1. The SMILES string of the molecule is Cc1ccc(S(=O)(=O)Nc2cc(C(=O)N(CC(C)C)CC(C)C)ccc2N2CCNCC2)cc1C.O=C(O)C(F)(F)F. The largest absolute Gasteiger partial charge is 0.490 e. The minimum atomic E-state index is -5.08. The van der Waals surface area contributed by atoms with Gasteiger partial charge < -0.3 is 20.2 Å². The first kappa shape index (κ1) is 34.9. The maximum Gasteiger partial charge on any atom is 0.490 e. The number of halogens is 3. The first-order valence-corrected chi connectivity index (χ1v) is 15.2.